The zero-order valence-corrected chi connectivity index (χ0v) is 12.2. The van der Waals surface area contributed by atoms with E-state index in [0.717, 1.165) is 43.6 Å². The Morgan fingerprint density at radius 1 is 1.42 bits per heavy atom. The lowest BCUT2D eigenvalue weighted by Gasteiger charge is -2.27. The fraction of sp³-hybridized carbons (Fsp3) is 0.538. The summed E-state index contributed by atoms with van der Waals surface area (Å²) in [6.07, 6.45) is 4.93. The lowest BCUT2D eigenvalue weighted by Crippen LogP contribution is -2.33. The summed E-state index contributed by atoms with van der Waals surface area (Å²) in [5, 5.41) is 4.36. The van der Waals surface area contributed by atoms with Crippen molar-refractivity contribution in [2.45, 2.75) is 33.0 Å². The van der Waals surface area contributed by atoms with Crippen molar-refractivity contribution in [3.8, 4) is 0 Å². The number of rotatable bonds is 4. The lowest BCUT2D eigenvalue weighted by atomic mass is 10.3. The zero-order valence-electron chi connectivity index (χ0n) is 11.4. The first kappa shape index (κ1) is 12.6. The summed E-state index contributed by atoms with van der Waals surface area (Å²) in [4.78, 5) is 12.9. The molecule has 0 unspecified atom stereocenters. The number of aromatic nitrogens is 3. The maximum atomic E-state index is 4.80. The molecule has 0 radical (unpaired) electrons. The number of fused-ring (bicyclic) bond motifs is 1. The third-order valence-electron chi connectivity index (χ3n) is 3.45. The van der Waals surface area contributed by atoms with Crippen molar-refractivity contribution in [3.63, 3.8) is 0 Å². The van der Waals surface area contributed by atoms with Crippen LogP contribution in [0.25, 0.3) is 0 Å². The predicted octanol–water partition coefficient (Wildman–Crippen LogP) is 1.64. The van der Waals surface area contributed by atoms with Crippen LogP contribution in [0.5, 0.6) is 0 Å². The van der Waals surface area contributed by atoms with Crippen LogP contribution in [0.4, 0.5) is 5.13 Å². The molecule has 2 aromatic heterocycles. The molecule has 0 aliphatic carbocycles. The SMILES string of the molecule is CCc1nc(N2CCn3ccnc3C2)sc1CNC. The highest BCUT2D eigenvalue weighted by Crippen LogP contribution is 2.29. The van der Waals surface area contributed by atoms with Crippen LogP contribution >= 0.6 is 11.3 Å². The standard InChI is InChI=1S/C13H19N5S/c1-3-10-11(8-14-2)19-13(16-10)18-7-6-17-5-4-15-12(17)9-18/h4-5,14H,3,6-9H2,1-2H3. The molecule has 2 aromatic rings. The van der Waals surface area contributed by atoms with Crippen LogP contribution in [-0.2, 0) is 26.1 Å². The molecular weight excluding hydrogens is 258 g/mol. The summed E-state index contributed by atoms with van der Waals surface area (Å²) in [6, 6.07) is 0. The van der Waals surface area contributed by atoms with Gasteiger partial charge in [0.1, 0.15) is 5.82 Å². The molecule has 0 spiro atoms. The van der Waals surface area contributed by atoms with Crippen molar-refractivity contribution in [3.05, 3.63) is 28.8 Å². The summed E-state index contributed by atoms with van der Waals surface area (Å²) in [7, 11) is 1.98. The highest BCUT2D eigenvalue weighted by molar-refractivity contribution is 7.15. The maximum Gasteiger partial charge on any atom is 0.186 e. The van der Waals surface area contributed by atoms with E-state index in [1.807, 2.05) is 24.6 Å². The van der Waals surface area contributed by atoms with Gasteiger partial charge in [0, 0.05) is 36.9 Å². The van der Waals surface area contributed by atoms with Crippen molar-refractivity contribution < 1.29 is 0 Å². The molecule has 0 aromatic carbocycles. The number of hydrogen-bond donors (Lipinski definition) is 1. The number of imidazole rings is 1. The van der Waals surface area contributed by atoms with Gasteiger partial charge in [0.2, 0.25) is 0 Å². The molecule has 6 heteroatoms. The van der Waals surface area contributed by atoms with Crippen LogP contribution in [0.3, 0.4) is 0 Å². The van der Waals surface area contributed by atoms with Gasteiger partial charge in [-0.2, -0.15) is 0 Å². The molecule has 0 saturated heterocycles. The molecule has 1 aliphatic heterocycles. The van der Waals surface area contributed by atoms with E-state index in [1.54, 1.807) is 0 Å². The molecule has 0 saturated carbocycles. The average Bonchev–Trinajstić information content (AvgIpc) is 3.04. The van der Waals surface area contributed by atoms with Gasteiger partial charge in [0.15, 0.2) is 5.13 Å². The van der Waals surface area contributed by atoms with E-state index < -0.39 is 0 Å². The van der Waals surface area contributed by atoms with Gasteiger partial charge in [-0.1, -0.05) is 6.92 Å². The minimum atomic E-state index is 0.864. The van der Waals surface area contributed by atoms with Crippen molar-refractivity contribution in [2.24, 2.45) is 0 Å². The number of anilines is 1. The minimum Gasteiger partial charge on any atom is -0.339 e. The first-order chi connectivity index (χ1) is 9.31. The Labute approximate surface area is 117 Å². The number of nitrogens with zero attached hydrogens (tertiary/aromatic N) is 4. The van der Waals surface area contributed by atoms with E-state index in [4.69, 9.17) is 4.98 Å². The third kappa shape index (κ3) is 2.37. The minimum absolute atomic E-state index is 0.864. The molecule has 0 atom stereocenters. The van der Waals surface area contributed by atoms with Crippen LogP contribution in [-0.4, -0.2) is 28.1 Å². The second kappa shape index (κ2) is 5.30. The molecular formula is C13H19N5S. The lowest BCUT2D eigenvalue weighted by molar-refractivity contribution is 0.559. The second-order valence-corrected chi connectivity index (χ2v) is 5.77. The Hall–Kier alpha value is -1.40. The Bertz CT molecular complexity index is 559. The highest BCUT2D eigenvalue weighted by atomic mass is 32.1. The van der Waals surface area contributed by atoms with Crippen molar-refractivity contribution in [2.75, 3.05) is 18.5 Å². The van der Waals surface area contributed by atoms with Crippen LogP contribution in [0.15, 0.2) is 12.4 Å². The molecule has 3 heterocycles. The topological polar surface area (TPSA) is 46.0 Å². The third-order valence-corrected chi connectivity index (χ3v) is 4.61. The van der Waals surface area contributed by atoms with Gasteiger partial charge in [-0.3, -0.25) is 0 Å². The second-order valence-electron chi connectivity index (χ2n) is 4.71. The number of hydrogen-bond acceptors (Lipinski definition) is 5. The molecule has 1 aliphatic rings. The average molecular weight is 277 g/mol. The summed E-state index contributed by atoms with van der Waals surface area (Å²) in [5.41, 5.74) is 1.23. The summed E-state index contributed by atoms with van der Waals surface area (Å²) < 4.78 is 2.22. The van der Waals surface area contributed by atoms with Gasteiger partial charge >= 0.3 is 0 Å². The van der Waals surface area contributed by atoms with Gasteiger partial charge in [0.05, 0.1) is 12.2 Å². The summed E-state index contributed by atoms with van der Waals surface area (Å²) in [5.74, 6) is 1.13. The molecule has 5 nitrogen and oxygen atoms in total. The van der Waals surface area contributed by atoms with Crippen LogP contribution < -0.4 is 10.2 Å². The molecule has 0 fully saturated rings. The molecule has 19 heavy (non-hydrogen) atoms. The number of thiazole rings is 1. The van der Waals surface area contributed by atoms with Crippen molar-refractivity contribution in [1.29, 1.82) is 0 Å². The predicted molar refractivity (Wildman–Crippen MR) is 77.5 cm³/mol. The van der Waals surface area contributed by atoms with E-state index >= 15 is 0 Å². The van der Waals surface area contributed by atoms with Crippen LogP contribution in [0.2, 0.25) is 0 Å². The Balaban J connectivity index is 1.83. The Morgan fingerprint density at radius 2 is 2.32 bits per heavy atom. The van der Waals surface area contributed by atoms with Crippen LogP contribution in [0.1, 0.15) is 23.3 Å². The van der Waals surface area contributed by atoms with E-state index in [-0.39, 0.29) is 0 Å². The van der Waals surface area contributed by atoms with Gasteiger partial charge in [0.25, 0.3) is 0 Å². The first-order valence-electron chi connectivity index (χ1n) is 6.70. The Morgan fingerprint density at radius 3 is 3.11 bits per heavy atom. The van der Waals surface area contributed by atoms with Crippen molar-refractivity contribution in [1.82, 2.24) is 19.9 Å². The first-order valence-corrected chi connectivity index (χ1v) is 7.51. The molecule has 0 bridgehead atoms. The highest BCUT2D eigenvalue weighted by Gasteiger charge is 2.20. The Kier molecular flexibility index (Phi) is 3.52. The summed E-state index contributed by atoms with van der Waals surface area (Å²) >= 11 is 1.81. The summed E-state index contributed by atoms with van der Waals surface area (Å²) in [6.45, 7) is 5.95. The van der Waals surface area contributed by atoms with Gasteiger partial charge in [-0.25, -0.2) is 9.97 Å². The monoisotopic (exact) mass is 277 g/mol. The van der Waals surface area contributed by atoms with Gasteiger partial charge < -0.3 is 14.8 Å². The fourth-order valence-corrected chi connectivity index (χ4v) is 3.60. The number of aryl methyl sites for hydroxylation is 1. The van der Waals surface area contributed by atoms with Gasteiger partial charge in [-0.15, -0.1) is 11.3 Å². The smallest absolute Gasteiger partial charge is 0.186 e. The van der Waals surface area contributed by atoms with E-state index in [9.17, 15) is 0 Å². The molecule has 1 N–H and O–H groups in total. The van der Waals surface area contributed by atoms with Crippen molar-refractivity contribution >= 4 is 16.5 Å². The van der Waals surface area contributed by atoms with E-state index in [0.29, 0.717) is 0 Å². The largest absolute Gasteiger partial charge is 0.339 e. The van der Waals surface area contributed by atoms with Crippen LogP contribution in [0, 0.1) is 0 Å². The van der Waals surface area contributed by atoms with Gasteiger partial charge in [-0.05, 0) is 13.5 Å². The molecule has 3 rings (SSSR count). The molecule has 0 amide bonds. The fourth-order valence-electron chi connectivity index (χ4n) is 2.42. The normalized spacial score (nSPS) is 14.7. The quantitative estimate of drug-likeness (QED) is 0.923. The zero-order chi connectivity index (χ0) is 13.2. The van der Waals surface area contributed by atoms with E-state index in [1.165, 1.54) is 10.6 Å². The van der Waals surface area contributed by atoms with E-state index in [2.05, 4.69) is 32.9 Å². The number of nitrogens with one attached hydrogen (secondary N) is 1. The molecule has 102 valence electrons. The maximum absolute atomic E-state index is 4.80.